The normalized spacial score (nSPS) is 20.8. The maximum absolute atomic E-state index is 12.9. The van der Waals surface area contributed by atoms with Crippen molar-refractivity contribution in [1.29, 1.82) is 0 Å². The molecule has 1 N–H and O–H groups in total. The fraction of sp³-hybridized carbons (Fsp3) is 0.500. The van der Waals surface area contributed by atoms with E-state index in [0.29, 0.717) is 48.7 Å². The SMILES string of the molecule is COc1cc(OC)cc(C(=O)Nc2ccc(C3CCN(C(=O)C4CCC(C(F)(F)F)CC4)CC3)cc2)c1. The fourth-order valence-electron chi connectivity index (χ4n) is 5.34. The van der Waals surface area contributed by atoms with E-state index in [1.54, 1.807) is 18.2 Å². The number of amides is 2. The first kappa shape index (κ1) is 26.8. The highest BCUT2D eigenvalue weighted by Gasteiger charge is 2.43. The summed E-state index contributed by atoms with van der Waals surface area (Å²) in [6.45, 7) is 1.22. The quantitative estimate of drug-likeness (QED) is 0.507. The van der Waals surface area contributed by atoms with Crippen LogP contribution in [0.4, 0.5) is 18.9 Å². The molecule has 2 aromatic rings. The number of hydrogen-bond acceptors (Lipinski definition) is 4. The van der Waals surface area contributed by atoms with E-state index in [4.69, 9.17) is 9.47 Å². The number of anilines is 1. The summed E-state index contributed by atoms with van der Waals surface area (Å²) >= 11 is 0. The molecule has 9 heteroatoms. The number of hydrogen-bond donors (Lipinski definition) is 1. The first-order chi connectivity index (χ1) is 17.7. The molecule has 2 amide bonds. The minimum atomic E-state index is -4.16. The molecule has 2 aliphatic rings. The molecule has 0 atom stereocenters. The summed E-state index contributed by atoms with van der Waals surface area (Å²) in [5, 5.41) is 2.89. The molecule has 1 saturated carbocycles. The van der Waals surface area contributed by atoms with Crippen molar-refractivity contribution in [2.45, 2.75) is 50.6 Å². The van der Waals surface area contributed by atoms with Gasteiger partial charge in [-0.05, 0) is 74.3 Å². The average Bonchev–Trinajstić information content (AvgIpc) is 2.92. The number of likely N-dealkylation sites (tertiary alicyclic amines) is 1. The molecule has 6 nitrogen and oxygen atoms in total. The summed E-state index contributed by atoms with van der Waals surface area (Å²) in [5.74, 6) is -0.488. The Bertz CT molecular complexity index is 1070. The van der Waals surface area contributed by atoms with Crippen molar-refractivity contribution in [2.75, 3.05) is 32.6 Å². The van der Waals surface area contributed by atoms with Crippen molar-refractivity contribution in [1.82, 2.24) is 4.90 Å². The van der Waals surface area contributed by atoms with Crippen molar-refractivity contribution < 1.29 is 32.2 Å². The Balaban J connectivity index is 1.28. The molecule has 0 bridgehead atoms. The number of piperidine rings is 1. The van der Waals surface area contributed by atoms with Gasteiger partial charge in [-0.25, -0.2) is 0 Å². The van der Waals surface area contributed by atoms with Crippen molar-refractivity contribution in [3.8, 4) is 11.5 Å². The number of nitrogens with one attached hydrogen (secondary N) is 1. The summed E-state index contributed by atoms with van der Waals surface area (Å²) < 4.78 is 49.2. The van der Waals surface area contributed by atoms with Gasteiger partial charge < -0.3 is 19.7 Å². The Hall–Kier alpha value is -3.23. The van der Waals surface area contributed by atoms with Crippen LogP contribution in [-0.2, 0) is 4.79 Å². The van der Waals surface area contributed by atoms with Gasteiger partial charge in [-0.3, -0.25) is 9.59 Å². The number of ether oxygens (including phenoxy) is 2. The van der Waals surface area contributed by atoms with Gasteiger partial charge in [0.2, 0.25) is 5.91 Å². The number of alkyl halides is 3. The van der Waals surface area contributed by atoms with E-state index >= 15 is 0 Å². The van der Waals surface area contributed by atoms with Crippen LogP contribution < -0.4 is 14.8 Å². The lowest BCUT2D eigenvalue weighted by Crippen LogP contribution is -2.43. The topological polar surface area (TPSA) is 67.9 Å². The molecule has 2 aromatic carbocycles. The molecule has 1 aliphatic carbocycles. The molecular formula is C28H33F3N2O4. The lowest BCUT2D eigenvalue weighted by molar-refractivity contribution is -0.185. The highest BCUT2D eigenvalue weighted by molar-refractivity contribution is 6.04. The standard InChI is InChI=1S/C28H33F3N2O4/c1-36-24-15-21(16-25(17-24)37-2)26(34)32-23-9-5-18(6-10-23)19-11-13-33(14-12-19)27(35)20-3-7-22(8-4-20)28(29,30)31/h5-6,9-10,15-17,19-20,22H,3-4,7-8,11-14H2,1-2H3,(H,32,34). The van der Waals surface area contributed by atoms with Gasteiger partial charge in [0.15, 0.2) is 0 Å². The van der Waals surface area contributed by atoms with Crippen LogP contribution in [0.15, 0.2) is 42.5 Å². The second-order valence-corrected chi connectivity index (χ2v) is 9.87. The zero-order chi connectivity index (χ0) is 26.6. The predicted octanol–water partition coefficient (Wildman–Crippen LogP) is 6.03. The van der Waals surface area contributed by atoms with E-state index in [1.807, 2.05) is 29.2 Å². The summed E-state index contributed by atoms with van der Waals surface area (Å²) in [6, 6.07) is 12.7. The van der Waals surface area contributed by atoms with E-state index in [9.17, 15) is 22.8 Å². The van der Waals surface area contributed by atoms with E-state index in [2.05, 4.69) is 5.32 Å². The third-order valence-electron chi connectivity index (χ3n) is 7.60. The average molecular weight is 519 g/mol. The van der Waals surface area contributed by atoms with Gasteiger partial charge in [0.1, 0.15) is 11.5 Å². The lowest BCUT2D eigenvalue weighted by atomic mass is 9.80. The van der Waals surface area contributed by atoms with Gasteiger partial charge in [0.05, 0.1) is 20.1 Å². The number of halogens is 3. The molecule has 37 heavy (non-hydrogen) atoms. The largest absolute Gasteiger partial charge is 0.497 e. The van der Waals surface area contributed by atoms with Gasteiger partial charge in [-0.1, -0.05) is 12.1 Å². The van der Waals surface area contributed by atoms with E-state index in [0.717, 1.165) is 18.4 Å². The zero-order valence-electron chi connectivity index (χ0n) is 21.1. The van der Waals surface area contributed by atoms with Gasteiger partial charge in [-0.2, -0.15) is 13.2 Å². The van der Waals surface area contributed by atoms with Crippen LogP contribution in [0.2, 0.25) is 0 Å². The van der Waals surface area contributed by atoms with E-state index in [1.165, 1.54) is 14.2 Å². The minimum Gasteiger partial charge on any atom is -0.497 e. The summed E-state index contributed by atoms with van der Waals surface area (Å²) in [4.78, 5) is 27.4. The second-order valence-electron chi connectivity index (χ2n) is 9.87. The van der Waals surface area contributed by atoms with Crippen LogP contribution in [-0.4, -0.2) is 50.2 Å². The summed E-state index contributed by atoms with van der Waals surface area (Å²) in [6.07, 6.45) is -1.82. The fourth-order valence-corrected chi connectivity index (χ4v) is 5.34. The number of carbonyl (C=O) groups excluding carboxylic acids is 2. The maximum Gasteiger partial charge on any atom is 0.391 e. The van der Waals surface area contributed by atoms with Crippen molar-refractivity contribution >= 4 is 17.5 Å². The maximum atomic E-state index is 12.9. The number of rotatable bonds is 6. The predicted molar refractivity (Wildman–Crippen MR) is 134 cm³/mol. The zero-order valence-corrected chi connectivity index (χ0v) is 21.1. The van der Waals surface area contributed by atoms with Crippen molar-refractivity contribution in [3.05, 3.63) is 53.6 Å². The van der Waals surface area contributed by atoms with Gasteiger partial charge >= 0.3 is 6.18 Å². The smallest absolute Gasteiger partial charge is 0.391 e. The van der Waals surface area contributed by atoms with Gasteiger partial charge in [0, 0.05) is 36.3 Å². The van der Waals surface area contributed by atoms with Crippen LogP contribution in [0.25, 0.3) is 0 Å². The third kappa shape index (κ3) is 6.56. The molecule has 200 valence electrons. The van der Waals surface area contributed by atoms with Crippen LogP contribution in [0.5, 0.6) is 11.5 Å². The molecule has 0 spiro atoms. The Morgan fingerprint density at radius 2 is 1.43 bits per heavy atom. The second kappa shape index (κ2) is 11.4. The molecule has 1 saturated heterocycles. The minimum absolute atomic E-state index is 0.00584. The van der Waals surface area contributed by atoms with Gasteiger partial charge in [-0.15, -0.1) is 0 Å². The van der Waals surface area contributed by atoms with Crippen molar-refractivity contribution in [3.63, 3.8) is 0 Å². The first-order valence-corrected chi connectivity index (χ1v) is 12.7. The molecule has 0 aromatic heterocycles. The van der Waals surface area contributed by atoms with Crippen LogP contribution in [0, 0.1) is 11.8 Å². The molecule has 0 unspecified atom stereocenters. The van der Waals surface area contributed by atoms with E-state index < -0.39 is 12.1 Å². The monoisotopic (exact) mass is 518 g/mol. The number of benzene rings is 2. The molecule has 1 aliphatic heterocycles. The summed E-state index contributed by atoms with van der Waals surface area (Å²) in [7, 11) is 3.05. The first-order valence-electron chi connectivity index (χ1n) is 12.7. The van der Waals surface area contributed by atoms with Gasteiger partial charge in [0.25, 0.3) is 5.91 Å². The Morgan fingerprint density at radius 1 is 0.865 bits per heavy atom. The summed E-state index contributed by atoms with van der Waals surface area (Å²) in [5.41, 5.74) is 2.22. The molecule has 4 rings (SSSR count). The number of methoxy groups -OCH3 is 2. The Kier molecular flexibility index (Phi) is 8.29. The molecule has 2 fully saturated rings. The number of carbonyl (C=O) groups is 2. The number of nitrogens with zero attached hydrogens (tertiary/aromatic N) is 1. The van der Waals surface area contributed by atoms with Crippen LogP contribution in [0.3, 0.4) is 0 Å². The van der Waals surface area contributed by atoms with Crippen LogP contribution in [0.1, 0.15) is 60.4 Å². The molecule has 1 heterocycles. The molecule has 0 radical (unpaired) electrons. The lowest BCUT2D eigenvalue weighted by Gasteiger charge is -2.36. The third-order valence-corrected chi connectivity index (χ3v) is 7.60. The van der Waals surface area contributed by atoms with Crippen molar-refractivity contribution in [2.24, 2.45) is 11.8 Å². The Morgan fingerprint density at radius 3 is 1.95 bits per heavy atom. The highest BCUT2D eigenvalue weighted by Crippen LogP contribution is 2.40. The van der Waals surface area contributed by atoms with Crippen LogP contribution >= 0.6 is 0 Å². The molecular weight excluding hydrogens is 485 g/mol. The highest BCUT2D eigenvalue weighted by atomic mass is 19.4. The van der Waals surface area contributed by atoms with E-state index in [-0.39, 0.29) is 36.5 Å². The Labute approximate surface area is 215 Å².